The first-order valence-corrected chi connectivity index (χ1v) is 8.53. The quantitative estimate of drug-likeness (QED) is 0.643. The number of aliphatic carboxylic acids is 1. The number of carboxylic acid groups (broad SMARTS) is 1. The highest BCUT2D eigenvalue weighted by atomic mass is 35.5. The lowest BCUT2D eigenvalue weighted by molar-refractivity contribution is -0.139. The van der Waals surface area contributed by atoms with Crippen molar-refractivity contribution in [3.63, 3.8) is 0 Å². The molecule has 2 aromatic carbocycles. The number of hydrogen-bond donors (Lipinski definition) is 2. The monoisotopic (exact) mass is 353 g/mol. The third kappa shape index (κ3) is 2.63. The fraction of sp³-hybridized carbons (Fsp3) is 0.200. The highest BCUT2D eigenvalue weighted by molar-refractivity contribution is 6.31. The van der Waals surface area contributed by atoms with Crippen LogP contribution in [0.3, 0.4) is 0 Å². The number of carboxylic acids is 1. The molecule has 0 spiro atoms. The molecule has 126 valence electrons. The Kier molecular flexibility index (Phi) is 3.85. The topological polar surface area (TPSA) is 66.4 Å². The predicted octanol–water partition coefficient (Wildman–Crippen LogP) is 4.11. The molecule has 1 aliphatic heterocycles. The highest BCUT2D eigenvalue weighted by Gasteiger charge is 2.42. The van der Waals surface area contributed by atoms with Gasteiger partial charge in [0.05, 0.1) is 0 Å². The van der Waals surface area contributed by atoms with Gasteiger partial charge in [0.2, 0.25) is 0 Å². The fourth-order valence-electron chi connectivity index (χ4n) is 3.83. The summed E-state index contributed by atoms with van der Waals surface area (Å²) in [7, 11) is 0. The molecule has 1 aliphatic carbocycles. The van der Waals surface area contributed by atoms with Crippen molar-refractivity contribution in [3.05, 3.63) is 76.3 Å². The van der Waals surface area contributed by atoms with Crippen molar-refractivity contribution in [2.45, 2.75) is 18.4 Å². The van der Waals surface area contributed by atoms with Crippen LogP contribution in [0.5, 0.6) is 0 Å². The van der Waals surface area contributed by atoms with Crippen molar-refractivity contribution in [3.8, 4) is 0 Å². The number of carbonyl (C=O) groups is 2. The van der Waals surface area contributed by atoms with Crippen LogP contribution in [-0.2, 0) is 4.79 Å². The summed E-state index contributed by atoms with van der Waals surface area (Å²) < 4.78 is 0. The Balaban J connectivity index is 1.87. The number of carbonyl (C=O) groups excluding carboxylic acids is 1. The van der Waals surface area contributed by atoms with E-state index in [1.54, 1.807) is 30.3 Å². The van der Waals surface area contributed by atoms with Gasteiger partial charge in [-0.25, -0.2) is 4.79 Å². The summed E-state index contributed by atoms with van der Waals surface area (Å²) in [4.78, 5) is 24.7. The Hall–Kier alpha value is -2.59. The summed E-state index contributed by atoms with van der Waals surface area (Å²) in [5.41, 5.74) is 2.44. The molecule has 2 N–H and O–H groups in total. The molecule has 0 aromatic heterocycles. The maximum absolute atomic E-state index is 13.0. The minimum atomic E-state index is -0.905. The highest BCUT2D eigenvalue weighted by Crippen LogP contribution is 2.47. The lowest BCUT2D eigenvalue weighted by Gasteiger charge is -2.35. The van der Waals surface area contributed by atoms with E-state index < -0.39 is 12.0 Å². The Morgan fingerprint density at radius 3 is 2.64 bits per heavy atom. The van der Waals surface area contributed by atoms with Gasteiger partial charge in [0.1, 0.15) is 6.04 Å². The summed E-state index contributed by atoms with van der Waals surface area (Å²) in [6.07, 6.45) is 4.72. The van der Waals surface area contributed by atoms with Crippen LogP contribution in [0.25, 0.3) is 0 Å². The molecule has 0 radical (unpaired) electrons. The molecule has 4 rings (SSSR count). The smallest absolute Gasteiger partial charge is 0.326 e. The van der Waals surface area contributed by atoms with Gasteiger partial charge in [0.15, 0.2) is 5.78 Å². The van der Waals surface area contributed by atoms with E-state index in [1.165, 1.54) is 0 Å². The first-order chi connectivity index (χ1) is 12.1. The van der Waals surface area contributed by atoms with E-state index in [2.05, 4.69) is 5.32 Å². The van der Waals surface area contributed by atoms with Crippen LogP contribution in [0.2, 0.25) is 5.02 Å². The molecular formula is C20H16ClNO3. The summed E-state index contributed by atoms with van der Waals surface area (Å²) in [5.74, 6) is -1.18. The molecule has 0 saturated carbocycles. The van der Waals surface area contributed by atoms with Gasteiger partial charge >= 0.3 is 5.97 Å². The van der Waals surface area contributed by atoms with Crippen LogP contribution >= 0.6 is 11.6 Å². The number of halogens is 1. The molecule has 5 heteroatoms. The van der Waals surface area contributed by atoms with Crippen LogP contribution in [0.1, 0.15) is 33.8 Å². The van der Waals surface area contributed by atoms with Crippen molar-refractivity contribution >= 4 is 29.0 Å². The van der Waals surface area contributed by atoms with Crippen LogP contribution in [-0.4, -0.2) is 22.9 Å². The molecule has 0 saturated heterocycles. The Morgan fingerprint density at radius 1 is 1.16 bits per heavy atom. The lowest BCUT2D eigenvalue weighted by Crippen LogP contribution is -2.42. The SMILES string of the molecule is O=C(c1ccccc1)c1cc(Cl)cc2c1N[C@@H](C(=O)O)[C@@H]1CC=C[C@@H]21. The first-order valence-electron chi connectivity index (χ1n) is 8.15. The second-order valence-corrected chi connectivity index (χ2v) is 6.86. The van der Waals surface area contributed by atoms with Gasteiger partial charge in [-0.3, -0.25) is 4.79 Å². The predicted molar refractivity (Wildman–Crippen MR) is 96.4 cm³/mol. The maximum atomic E-state index is 13.0. The number of ketones is 1. The molecular weight excluding hydrogens is 338 g/mol. The Labute approximate surface area is 150 Å². The molecule has 0 bridgehead atoms. The van der Waals surface area contributed by atoms with Crippen molar-refractivity contribution < 1.29 is 14.7 Å². The van der Waals surface area contributed by atoms with Gasteiger partial charge in [0.25, 0.3) is 0 Å². The standard InChI is InChI=1S/C20H16ClNO3/c21-12-9-15-13-7-4-8-14(13)18(20(24)25)22-17(15)16(10-12)19(23)11-5-2-1-3-6-11/h1-7,9-10,13-14,18,22H,8H2,(H,24,25)/t13-,14-,18-/m1/s1. The number of benzene rings is 2. The largest absolute Gasteiger partial charge is 0.480 e. The number of fused-ring (bicyclic) bond motifs is 3. The maximum Gasteiger partial charge on any atom is 0.326 e. The first kappa shape index (κ1) is 15.9. The van der Waals surface area contributed by atoms with E-state index in [0.29, 0.717) is 28.3 Å². The van der Waals surface area contributed by atoms with E-state index in [1.807, 2.05) is 24.3 Å². The van der Waals surface area contributed by atoms with Crippen LogP contribution in [0.15, 0.2) is 54.6 Å². The minimum Gasteiger partial charge on any atom is -0.480 e. The third-order valence-electron chi connectivity index (χ3n) is 4.98. The van der Waals surface area contributed by atoms with Crippen LogP contribution < -0.4 is 5.32 Å². The van der Waals surface area contributed by atoms with Gasteiger partial charge < -0.3 is 10.4 Å². The summed E-state index contributed by atoms with van der Waals surface area (Å²) in [5, 5.41) is 13.2. The molecule has 0 amide bonds. The summed E-state index contributed by atoms with van der Waals surface area (Å²) in [6.45, 7) is 0. The average Bonchev–Trinajstić information content (AvgIpc) is 3.10. The van der Waals surface area contributed by atoms with Gasteiger partial charge in [-0.1, -0.05) is 54.1 Å². The molecule has 3 atom stereocenters. The lowest BCUT2D eigenvalue weighted by atomic mass is 9.78. The zero-order valence-electron chi connectivity index (χ0n) is 13.3. The van der Waals surface area contributed by atoms with Gasteiger partial charge in [-0.05, 0) is 24.1 Å². The summed E-state index contributed by atoms with van der Waals surface area (Å²) >= 11 is 6.28. The fourth-order valence-corrected chi connectivity index (χ4v) is 4.06. The molecule has 25 heavy (non-hydrogen) atoms. The summed E-state index contributed by atoms with van der Waals surface area (Å²) in [6, 6.07) is 11.6. The third-order valence-corrected chi connectivity index (χ3v) is 5.20. The van der Waals surface area contributed by atoms with Crippen molar-refractivity contribution in [2.75, 3.05) is 5.32 Å². The van der Waals surface area contributed by atoms with E-state index in [0.717, 1.165) is 5.56 Å². The Bertz CT molecular complexity index is 891. The Morgan fingerprint density at radius 2 is 1.92 bits per heavy atom. The number of anilines is 1. The van der Waals surface area contributed by atoms with E-state index in [9.17, 15) is 14.7 Å². The van der Waals surface area contributed by atoms with Gasteiger partial charge in [0, 0.05) is 33.7 Å². The van der Waals surface area contributed by atoms with Gasteiger partial charge in [-0.2, -0.15) is 0 Å². The molecule has 0 fully saturated rings. The zero-order chi connectivity index (χ0) is 17.6. The molecule has 4 nitrogen and oxygen atoms in total. The average molecular weight is 354 g/mol. The number of nitrogens with one attached hydrogen (secondary N) is 1. The van der Waals surface area contributed by atoms with Crippen molar-refractivity contribution in [1.29, 1.82) is 0 Å². The molecule has 1 heterocycles. The second-order valence-electron chi connectivity index (χ2n) is 6.43. The molecule has 0 unspecified atom stereocenters. The number of allylic oxidation sites excluding steroid dienone is 2. The normalized spacial score (nSPS) is 23.5. The second kappa shape index (κ2) is 6.05. The van der Waals surface area contributed by atoms with Crippen LogP contribution in [0.4, 0.5) is 5.69 Å². The molecule has 2 aromatic rings. The van der Waals surface area contributed by atoms with E-state index in [-0.39, 0.29) is 17.6 Å². The minimum absolute atomic E-state index is 0.0432. The number of hydrogen-bond acceptors (Lipinski definition) is 3. The van der Waals surface area contributed by atoms with Crippen molar-refractivity contribution in [1.82, 2.24) is 0 Å². The van der Waals surface area contributed by atoms with E-state index in [4.69, 9.17) is 11.6 Å². The van der Waals surface area contributed by atoms with Crippen molar-refractivity contribution in [2.24, 2.45) is 5.92 Å². The number of rotatable bonds is 3. The molecule has 2 aliphatic rings. The zero-order valence-corrected chi connectivity index (χ0v) is 14.0. The van der Waals surface area contributed by atoms with Gasteiger partial charge in [-0.15, -0.1) is 0 Å². The van der Waals surface area contributed by atoms with E-state index >= 15 is 0 Å². The van der Waals surface area contributed by atoms with Crippen LogP contribution in [0, 0.1) is 5.92 Å².